The van der Waals surface area contributed by atoms with Gasteiger partial charge >= 0.3 is 5.97 Å². The quantitative estimate of drug-likeness (QED) is 0.753. The molecule has 0 aromatic heterocycles. The zero-order valence-corrected chi connectivity index (χ0v) is 12.0. The number of ether oxygens (including phenoxy) is 1. The summed E-state index contributed by atoms with van der Waals surface area (Å²) < 4.78 is 4.91. The predicted octanol–water partition coefficient (Wildman–Crippen LogP) is 1.40. The molecule has 0 aromatic carbocycles. The molecule has 0 amide bonds. The average molecular weight is 254 g/mol. The summed E-state index contributed by atoms with van der Waals surface area (Å²) >= 11 is 0. The highest BCUT2D eigenvalue weighted by atomic mass is 16.5. The van der Waals surface area contributed by atoms with Crippen molar-refractivity contribution in [3.05, 3.63) is 0 Å². The van der Waals surface area contributed by atoms with Crippen molar-refractivity contribution in [2.24, 2.45) is 5.92 Å². The van der Waals surface area contributed by atoms with E-state index in [1.165, 1.54) is 32.9 Å². The van der Waals surface area contributed by atoms with Crippen LogP contribution >= 0.6 is 0 Å². The van der Waals surface area contributed by atoms with E-state index in [9.17, 15) is 4.79 Å². The Morgan fingerprint density at radius 2 is 2.28 bits per heavy atom. The standard InChI is InChI=1S/C14H26N2O2/c1-10(8-14(2,15-3)13(17)18-4)16-9-11-5-6-12(16)7-11/h10-12,15H,5-9H2,1-4H3. The molecule has 0 aromatic rings. The zero-order valence-electron chi connectivity index (χ0n) is 12.0. The molecule has 18 heavy (non-hydrogen) atoms. The number of piperidine rings is 1. The minimum absolute atomic E-state index is 0.166. The molecule has 1 aliphatic carbocycles. The Kier molecular flexibility index (Phi) is 3.97. The van der Waals surface area contributed by atoms with E-state index in [0.29, 0.717) is 6.04 Å². The number of carbonyl (C=O) groups excluding carboxylic acids is 1. The highest BCUT2D eigenvalue weighted by molar-refractivity contribution is 5.80. The van der Waals surface area contributed by atoms with Gasteiger partial charge in [0, 0.05) is 18.6 Å². The van der Waals surface area contributed by atoms with Crippen LogP contribution in [0.1, 0.15) is 39.5 Å². The Morgan fingerprint density at radius 3 is 2.72 bits per heavy atom. The third-order valence-corrected chi connectivity index (χ3v) is 4.91. The van der Waals surface area contributed by atoms with Gasteiger partial charge in [-0.15, -0.1) is 0 Å². The van der Waals surface area contributed by atoms with Crippen LogP contribution in [0.4, 0.5) is 0 Å². The van der Waals surface area contributed by atoms with E-state index in [0.717, 1.165) is 18.4 Å². The number of esters is 1. The molecule has 1 aliphatic heterocycles. The third-order valence-electron chi connectivity index (χ3n) is 4.91. The Labute approximate surface area is 110 Å². The highest BCUT2D eigenvalue weighted by Crippen LogP contribution is 2.39. The van der Waals surface area contributed by atoms with Gasteiger partial charge in [0.15, 0.2) is 0 Å². The van der Waals surface area contributed by atoms with Crippen LogP contribution in [-0.4, -0.2) is 49.2 Å². The van der Waals surface area contributed by atoms with E-state index in [1.54, 1.807) is 0 Å². The predicted molar refractivity (Wildman–Crippen MR) is 71.4 cm³/mol. The number of fused-ring (bicyclic) bond motifs is 2. The van der Waals surface area contributed by atoms with Gasteiger partial charge in [-0.3, -0.25) is 9.69 Å². The zero-order chi connectivity index (χ0) is 13.3. The van der Waals surface area contributed by atoms with Crippen LogP contribution in [0, 0.1) is 5.92 Å². The monoisotopic (exact) mass is 254 g/mol. The molecular weight excluding hydrogens is 228 g/mol. The van der Waals surface area contributed by atoms with Crippen LogP contribution in [0.2, 0.25) is 0 Å². The van der Waals surface area contributed by atoms with E-state index >= 15 is 0 Å². The van der Waals surface area contributed by atoms with Crippen molar-refractivity contribution in [1.29, 1.82) is 0 Å². The summed E-state index contributed by atoms with van der Waals surface area (Å²) in [4.78, 5) is 14.5. The molecule has 4 atom stereocenters. The summed E-state index contributed by atoms with van der Waals surface area (Å²) in [5, 5.41) is 3.13. The van der Waals surface area contributed by atoms with E-state index in [2.05, 4.69) is 17.1 Å². The van der Waals surface area contributed by atoms with Gasteiger partial charge in [0.25, 0.3) is 0 Å². The SMILES string of the molecule is CNC(C)(CC(C)N1CC2CCC1C2)C(=O)OC. The van der Waals surface area contributed by atoms with Crippen LogP contribution in [0.25, 0.3) is 0 Å². The molecule has 2 aliphatic rings. The summed E-state index contributed by atoms with van der Waals surface area (Å²) in [6.07, 6.45) is 4.90. The van der Waals surface area contributed by atoms with Crippen molar-refractivity contribution in [3.63, 3.8) is 0 Å². The van der Waals surface area contributed by atoms with Gasteiger partial charge in [0.05, 0.1) is 7.11 Å². The summed E-state index contributed by atoms with van der Waals surface area (Å²) in [7, 11) is 3.29. The summed E-state index contributed by atoms with van der Waals surface area (Å²) in [5.41, 5.74) is -0.573. The number of nitrogens with zero attached hydrogens (tertiary/aromatic N) is 1. The molecule has 0 radical (unpaired) electrons. The van der Waals surface area contributed by atoms with Crippen LogP contribution in [0.5, 0.6) is 0 Å². The topological polar surface area (TPSA) is 41.6 Å². The van der Waals surface area contributed by atoms with Gasteiger partial charge in [-0.2, -0.15) is 0 Å². The molecule has 0 spiro atoms. The summed E-state index contributed by atoms with van der Waals surface area (Å²) in [6.45, 7) is 5.38. The molecule has 4 heteroatoms. The normalized spacial score (nSPS) is 32.2. The average Bonchev–Trinajstić information content (AvgIpc) is 2.99. The Bertz CT molecular complexity index is 321. The molecule has 2 rings (SSSR count). The second-order valence-electron chi connectivity index (χ2n) is 6.16. The first-order valence-corrected chi connectivity index (χ1v) is 7.03. The van der Waals surface area contributed by atoms with E-state index in [1.807, 2.05) is 14.0 Å². The Morgan fingerprint density at radius 1 is 1.56 bits per heavy atom. The number of likely N-dealkylation sites (tertiary alicyclic amines) is 1. The highest BCUT2D eigenvalue weighted by Gasteiger charge is 2.43. The smallest absolute Gasteiger partial charge is 0.325 e. The van der Waals surface area contributed by atoms with Gasteiger partial charge in [0.1, 0.15) is 5.54 Å². The van der Waals surface area contributed by atoms with Crippen LogP contribution < -0.4 is 5.32 Å². The first kappa shape index (κ1) is 13.8. The Balaban J connectivity index is 1.97. The second kappa shape index (κ2) is 5.17. The van der Waals surface area contributed by atoms with Crippen LogP contribution in [0.3, 0.4) is 0 Å². The molecule has 1 saturated carbocycles. The number of carbonyl (C=O) groups is 1. The van der Waals surface area contributed by atoms with Crippen molar-refractivity contribution < 1.29 is 9.53 Å². The van der Waals surface area contributed by atoms with Crippen LogP contribution in [0.15, 0.2) is 0 Å². The first-order valence-electron chi connectivity index (χ1n) is 7.03. The lowest BCUT2D eigenvalue weighted by atomic mass is 9.92. The van der Waals surface area contributed by atoms with E-state index in [4.69, 9.17) is 4.74 Å². The van der Waals surface area contributed by atoms with Crippen molar-refractivity contribution in [2.75, 3.05) is 20.7 Å². The molecule has 4 nitrogen and oxygen atoms in total. The largest absolute Gasteiger partial charge is 0.468 e. The molecule has 1 saturated heterocycles. The second-order valence-corrected chi connectivity index (χ2v) is 6.16. The molecule has 1 N–H and O–H groups in total. The number of hydrogen-bond donors (Lipinski definition) is 1. The first-order chi connectivity index (χ1) is 8.50. The maximum absolute atomic E-state index is 11.9. The van der Waals surface area contributed by atoms with Gasteiger partial charge < -0.3 is 10.1 Å². The van der Waals surface area contributed by atoms with Gasteiger partial charge in [-0.1, -0.05) is 0 Å². The van der Waals surface area contributed by atoms with Crippen molar-refractivity contribution >= 4 is 5.97 Å². The molecular formula is C14H26N2O2. The molecule has 1 heterocycles. The van der Waals surface area contributed by atoms with Gasteiger partial charge in [-0.25, -0.2) is 0 Å². The van der Waals surface area contributed by atoms with E-state index < -0.39 is 5.54 Å². The fraction of sp³-hybridized carbons (Fsp3) is 0.929. The summed E-state index contributed by atoms with van der Waals surface area (Å²) in [5.74, 6) is 0.734. The fourth-order valence-electron chi connectivity index (χ4n) is 3.72. The summed E-state index contributed by atoms with van der Waals surface area (Å²) in [6, 6.07) is 1.18. The lowest BCUT2D eigenvalue weighted by molar-refractivity contribution is -0.148. The molecule has 4 unspecified atom stereocenters. The maximum atomic E-state index is 11.9. The van der Waals surface area contributed by atoms with Gasteiger partial charge in [-0.05, 0) is 52.5 Å². The molecule has 2 fully saturated rings. The fourth-order valence-corrected chi connectivity index (χ4v) is 3.72. The number of hydrogen-bond acceptors (Lipinski definition) is 4. The number of methoxy groups -OCH3 is 1. The number of rotatable bonds is 5. The molecule has 2 bridgehead atoms. The van der Waals surface area contributed by atoms with Crippen molar-refractivity contribution in [1.82, 2.24) is 10.2 Å². The number of likely N-dealkylation sites (N-methyl/N-ethyl adjacent to an activating group) is 1. The Hall–Kier alpha value is -0.610. The lowest BCUT2D eigenvalue weighted by Gasteiger charge is -2.37. The van der Waals surface area contributed by atoms with Gasteiger partial charge in [0.2, 0.25) is 0 Å². The van der Waals surface area contributed by atoms with E-state index in [-0.39, 0.29) is 5.97 Å². The van der Waals surface area contributed by atoms with Crippen LogP contribution in [-0.2, 0) is 9.53 Å². The minimum Gasteiger partial charge on any atom is -0.468 e. The maximum Gasteiger partial charge on any atom is 0.325 e. The minimum atomic E-state index is -0.573. The molecule has 104 valence electrons. The lowest BCUT2D eigenvalue weighted by Crippen LogP contribution is -2.53. The third kappa shape index (κ3) is 2.41. The number of nitrogens with one attached hydrogen (secondary N) is 1. The van der Waals surface area contributed by atoms with Crippen molar-refractivity contribution in [2.45, 2.75) is 57.2 Å². The van der Waals surface area contributed by atoms with Crippen molar-refractivity contribution in [3.8, 4) is 0 Å².